The standard InChI is InChI=1S/C12H18N2O2S/c1-9-10(8-13)4-2-7-12(9)17(15,16)14-11-5-3-6-11/h2,4,7,11,14H,3,5-6,8,13H2,1H3. The molecule has 0 aromatic heterocycles. The quantitative estimate of drug-likeness (QED) is 0.850. The summed E-state index contributed by atoms with van der Waals surface area (Å²) in [6.45, 7) is 2.16. The van der Waals surface area contributed by atoms with Crippen LogP contribution in [0.3, 0.4) is 0 Å². The third-order valence-corrected chi connectivity index (χ3v) is 5.00. The first-order chi connectivity index (χ1) is 8.04. The number of nitrogens with two attached hydrogens (primary N) is 1. The summed E-state index contributed by atoms with van der Waals surface area (Å²) >= 11 is 0. The van der Waals surface area contributed by atoms with Gasteiger partial charge in [-0.15, -0.1) is 0 Å². The molecule has 0 radical (unpaired) electrons. The number of nitrogens with one attached hydrogen (secondary N) is 1. The first-order valence-electron chi connectivity index (χ1n) is 5.85. The lowest BCUT2D eigenvalue weighted by atomic mass is 9.94. The summed E-state index contributed by atoms with van der Waals surface area (Å²) in [4.78, 5) is 0.354. The van der Waals surface area contributed by atoms with Crippen LogP contribution in [-0.4, -0.2) is 14.5 Å². The molecule has 0 bridgehead atoms. The lowest BCUT2D eigenvalue weighted by molar-refractivity contribution is 0.383. The highest BCUT2D eigenvalue weighted by Gasteiger charge is 2.25. The zero-order valence-corrected chi connectivity index (χ0v) is 10.8. The molecule has 0 spiro atoms. The predicted octanol–water partition coefficient (Wildman–Crippen LogP) is 1.28. The molecule has 0 atom stereocenters. The van der Waals surface area contributed by atoms with Gasteiger partial charge in [-0.05, 0) is 37.0 Å². The Kier molecular flexibility index (Phi) is 3.51. The highest BCUT2D eigenvalue weighted by Crippen LogP contribution is 2.23. The van der Waals surface area contributed by atoms with Gasteiger partial charge in [0.2, 0.25) is 10.0 Å². The van der Waals surface area contributed by atoms with Crippen LogP contribution < -0.4 is 10.5 Å². The van der Waals surface area contributed by atoms with Crippen LogP contribution in [0.2, 0.25) is 0 Å². The van der Waals surface area contributed by atoms with Crippen molar-refractivity contribution < 1.29 is 8.42 Å². The minimum absolute atomic E-state index is 0.112. The summed E-state index contributed by atoms with van der Waals surface area (Å²) in [5.74, 6) is 0. The van der Waals surface area contributed by atoms with Crippen LogP contribution >= 0.6 is 0 Å². The molecule has 0 heterocycles. The van der Waals surface area contributed by atoms with Crippen LogP contribution in [0.25, 0.3) is 0 Å². The Morgan fingerprint density at radius 2 is 2.12 bits per heavy atom. The summed E-state index contributed by atoms with van der Waals surface area (Å²) in [6, 6.07) is 5.35. The van der Waals surface area contributed by atoms with Crippen LogP contribution in [0.5, 0.6) is 0 Å². The SMILES string of the molecule is Cc1c(CN)cccc1S(=O)(=O)NC1CCC1. The largest absolute Gasteiger partial charge is 0.326 e. The van der Waals surface area contributed by atoms with E-state index < -0.39 is 10.0 Å². The molecule has 0 amide bonds. The van der Waals surface area contributed by atoms with Gasteiger partial charge >= 0.3 is 0 Å². The highest BCUT2D eigenvalue weighted by molar-refractivity contribution is 7.89. The lowest BCUT2D eigenvalue weighted by Crippen LogP contribution is -2.39. The van der Waals surface area contributed by atoms with Crippen molar-refractivity contribution in [3.63, 3.8) is 0 Å². The number of benzene rings is 1. The highest BCUT2D eigenvalue weighted by atomic mass is 32.2. The van der Waals surface area contributed by atoms with Gasteiger partial charge in [-0.1, -0.05) is 18.6 Å². The number of hydrogen-bond acceptors (Lipinski definition) is 3. The van der Waals surface area contributed by atoms with Gasteiger partial charge in [-0.3, -0.25) is 0 Å². The molecule has 1 aromatic carbocycles. The first-order valence-corrected chi connectivity index (χ1v) is 7.34. The molecule has 94 valence electrons. The van der Waals surface area contributed by atoms with E-state index in [1.807, 2.05) is 6.07 Å². The van der Waals surface area contributed by atoms with Gasteiger partial charge in [-0.25, -0.2) is 13.1 Å². The summed E-state index contributed by atoms with van der Waals surface area (Å²) < 4.78 is 27.1. The molecular weight excluding hydrogens is 236 g/mol. The zero-order chi connectivity index (χ0) is 12.5. The summed E-state index contributed by atoms with van der Waals surface area (Å²) in [5, 5.41) is 0. The topological polar surface area (TPSA) is 72.2 Å². The Labute approximate surface area is 102 Å². The molecule has 0 saturated heterocycles. The number of sulfonamides is 1. The average molecular weight is 254 g/mol. The van der Waals surface area contributed by atoms with Gasteiger partial charge in [0.05, 0.1) is 4.90 Å². The first kappa shape index (κ1) is 12.5. The second-order valence-corrected chi connectivity index (χ2v) is 6.18. The fraction of sp³-hybridized carbons (Fsp3) is 0.500. The molecule has 1 aliphatic rings. The van der Waals surface area contributed by atoms with Crippen LogP contribution in [0.4, 0.5) is 0 Å². The Hall–Kier alpha value is -0.910. The average Bonchev–Trinajstić information content (AvgIpc) is 2.24. The Morgan fingerprint density at radius 3 is 2.65 bits per heavy atom. The van der Waals surface area contributed by atoms with E-state index in [9.17, 15) is 8.42 Å². The van der Waals surface area contributed by atoms with E-state index in [-0.39, 0.29) is 6.04 Å². The van der Waals surface area contributed by atoms with E-state index in [2.05, 4.69) is 4.72 Å². The van der Waals surface area contributed by atoms with Crippen molar-refractivity contribution in [1.29, 1.82) is 0 Å². The van der Waals surface area contributed by atoms with Crippen LogP contribution in [-0.2, 0) is 16.6 Å². The molecular formula is C12H18N2O2S. The molecule has 1 aromatic rings. The van der Waals surface area contributed by atoms with E-state index in [0.29, 0.717) is 11.4 Å². The number of rotatable bonds is 4. The molecule has 1 aliphatic carbocycles. The van der Waals surface area contributed by atoms with Gasteiger partial charge < -0.3 is 5.73 Å². The fourth-order valence-corrected chi connectivity index (χ4v) is 3.57. The Bertz CT molecular complexity index is 507. The van der Waals surface area contributed by atoms with E-state index in [1.165, 1.54) is 0 Å². The van der Waals surface area contributed by atoms with Crippen molar-refractivity contribution in [2.75, 3.05) is 0 Å². The molecule has 0 aliphatic heterocycles. The fourth-order valence-electron chi connectivity index (χ4n) is 1.98. The predicted molar refractivity (Wildman–Crippen MR) is 67.0 cm³/mol. The summed E-state index contributed by atoms with van der Waals surface area (Å²) in [7, 11) is -3.39. The molecule has 17 heavy (non-hydrogen) atoms. The van der Waals surface area contributed by atoms with Crippen LogP contribution in [0, 0.1) is 6.92 Å². The molecule has 5 heteroatoms. The normalized spacial score (nSPS) is 16.8. The molecule has 0 unspecified atom stereocenters. The van der Waals surface area contributed by atoms with Crippen molar-refractivity contribution in [2.24, 2.45) is 5.73 Å². The molecule has 2 rings (SSSR count). The van der Waals surface area contributed by atoms with Crippen molar-refractivity contribution in [2.45, 2.75) is 43.7 Å². The molecule has 3 N–H and O–H groups in total. The summed E-state index contributed by atoms with van der Waals surface area (Å²) in [5.41, 5.74) is 7.21. The second kappa shape index (κ2) is 4.76. The third kappa shape index (κ3) is 2.51. The van der Waals surface area contributed by atoms with Gasteiger partial charge in [0.1, 0.15) is 0 Å². The van der Waals surface area contributed by atoms with Gasteiger partial charge in [0.25, 0.3) is 0 Å². The minimum atomic E-state index is -3.39. The monoisotopic (exact) mass is 254 g/mol. The maximum Gasteiger partial charge on any atom is 0.241 e. The maximum absolute atomic E-state index is 12.2. The lowest BCUT2D eigenvalue weighted by Gasteiger charge is -2.26. The van der Waals surface area contributed by atoms with E-state index >= 15 is 0 Å². The zero-order valence-electron chi connectivity index (χ0n) is 9.94. The van der Waals surface area contributed by atoms with Crippen molar-refractivity contribution in [3.05, 3.63) is 29.3 Å². The maximum atomic E-state index is 12.2. The molecule has 1 fully saturated rings. The van der Waals surface area contributed by atoms with E-state index in [0.717, 1.165) is 30.4 Å². The van der Waals surface area contributed by atoms with E-state index in [4.69, 9.17) is 5.73 Å². The third-order valence-electron chi connectivity index (χ3n) is 3.33. The Morgan fingerprint density at radius 1 is 1.41 bits per heavy atom. The van der Waals surface area contributed by atoms with Gasteiger partial charge in [0.15, 0.2) is 0 Å². The molecule has 4 nitrogen and oxygen atoms in total. The second-order valence-electron chi connectivity index (χ2n) is 4.49. The van der Waals surface area contributed by atoms with Crippen LogP contribution in [0.15, 0.2) is 23.1 Å². The summed E-state index contributed by atoms with van der Waals surface area (Å²) in [6.07, 6.45) is 2.98. The van der Waals surface area contributed by atoms with Crippen molar-refractivity contribution in [3.8, 4) is 0 Å². The van der Waals surface area contributed by atoms with Gasteiger partial charge in [0, 0.05) is 12.6 Å². The minimum Gasteiger partial charge on any atom is -0.326 e. The van der Waals surface area contributed by atoms with Crippen LogP contribution in [0.1, 0.15) is 30.4 Å². The smallest absolute Gasteiger partial charge is 0.241 e. The van der Waals surface area contributed by atoms with E-state index in [1.54, 1.807) is 19.1 Å². The van der Waals surface area contributed by atoms with Gasteiger partial charge in [-0.2, -0.15) is 0 Å². The molecule has 1 saturated carbocycles. The number of hydrogen-bond donors (Lipinski definition) is 2. The Balaban J connectivity index is 2.31. The van der Waals surface area contributed by atoms with Crippen molar-refractivity contribution >= 4 is 10.0 Å². The van der Waals surface area contributed by atoms with Crippen molar-refractivity contribution in [1.82, 2.24) is 4.72 Å².